The summed E-state index contributed by atoms with van der Waals surface area (Å²) in [6.07, 6.45) is 5.56. The number of aromatic nitrogens is 4. The predicted molar refractivity (Wildman–Crippen MR) is 142 cm³/mol. The van der Waals surface area contributed by atoms with Crippen LogP contribution in [0.3, 0.4) is 0 Å². The van der Waals surface area contributed by atoms with Gasteiger partial charge < -0.3 is 13.7 Å². The summed E-state index contributed by atoms with van der Waals surface area (Å²) in [5, 5.41) is 5.32. The van der Waals surface area contributed by atoms with Gasteiger partial charge in [0.15, 0.2) is 5.65 Å². The van der Waals surface area contributed by atoms with Gasteiger partial charge in [0.25, 0.3) is 5.89 Å². The van der Waals surface area contributed by atoms with E-state index in [0.717, 1.165) is 17.7 Å². The van der Waals surface area contributed by atoms with E-state index in [2.05, 4.69) is 22.0 Å². The summed E-state index contributed by atoms with van der Waals surface area (Å²) < 4.78 is 15.2. The number of rotatable bonds is 7. The van der Waals surface area contributed by atoms with Crippen LogP contribution in [0.5, 0.6) is 5.75 Å². The minimum Gasteiger partial charge on any atom is -0.487 e. The number of nitrogens with zero attached hydrogens (tertiary/aromatic N) is 5. The molecular weight excluding hydrogens is 545 g/mol. The maximum atomic E-state index is 12.2. The highest BCUT2D eigenvalue weighted by molar-refractivity contribution is 7.97. The Labute approximate surface area is 227 Å². The minimum absolute atomic E-state index is 0.128. The molecule has 0 spiro atoms. The van der Waals surface area contributed by atoms with Crippen molar-refractivity contribution in [3.63, 3.8) is 0 Å². The zero-order valence-electron chi connectivity index (χ0n) is 19.5. The van der Waals surface area contributed by atoms with Crippen LogP contribution in [0.4, 0.5) is 0 Å². The lowest BCUT2D eigenvalue weighted by atomic mass is 10.1. The lowest BCUT2D eigenvalue weighted by Crippen LogP contribution is -2.41. The first-order valence-corrected chi connectivity index (χ1v) is 13.5. The van der Waals surface area contributed by atoms with Crippen LogP contribution in [0.15, 0.2) is 35.1 Å². The number of fused-ring (bicyclic) bond motifs is 1. The summed E-state index contributed by atoms with van der Waals surface area (Å²) in [7, 11) is 0. The highest BCUT2D eigenvalue weighted by atomic mass is 35.5. The van der Waals surface area contributed by atoms with Crippen LogP contribution in [0.1, 0.15) is 31.7 Å². The van der Waals surface area contributed by atoms with Gasteiger partial charge in [0, 0.05) is 36.2 Å². The van der Waals surface area contributed by atoms with Crippen LogP contribution in [0, 0.1) is 6.92 Å². The zero-order valence-corrected chi connectivity index (χ0v) is 22.6. The Hall–Kier alpha value is -2.46. The van der Waals surface area contributed by atoms with Crippen LogP contribution in [-0.2, 0) is 4.79 Å². The molecule has 4 heterocycles. The molecule has 36 heavy (non-hydrogen) atoms. The van der Waals surface area contributed by atoms with Crippen molar-refractivity contribution in [2.24, 2.45) is 0 Å². The smallest absolute Gasteiger partial charge is 0.278 e. The fourth-order valence-corrected chi connectivity index (χ4v) is 5.58. The summed E-state index contributed by atoms with van der Waals surface area (Å²) in [4.78, 5) is 21.1. The number of piperidine rings is 1. The van der Waals surface area contributed by atoms with Crippen LogP contribution in [-0.4, -0.2) is 48.1 Å². The molecule has 0 bridgehead atoms. The van der Waals surface area contributed by atoms with Crippen molar-refractivity contribution in [3.8, 4) is 28.7 Å². The molecular formula is C24H22Cl3N5O3S. The molecule has 12 heteroatoms. The summed E-state index contributed by atoms with van der Waals surface area (Å²) >= 11 is 21.0. The van der Waals surface area contributed by atoms with E-state index < -0.39 is 0 Å². The van der Waals surface area contributed by atoms with Crippen molar-refractivity contribution < 1.29 is 14.1 Å². The van der Waals surface area contributed by atoms with E-state index in [0.29, 0.717) is 57.1 Å². The first-order valence-electron chi connectivity index (χ1n) is 11.4. The fourth-order valence-electron chi connectivity index (χ4n) is 3.91. The van der Waals surface area contributed by atoms with Crippen LogP contribution >= 0.6 is 46.8 Å². The highest BCUT2D eigenvalue weighted by Crippen LogP contribution is 2.38. The maximum Gasteiger partial charge on any atom is 0.278 e. The summed E-state index contributed by atoms with van der Waals surface area (Å²) in [5.41, 5.74) is 2.58. The molecule has 4 aromatic rings. The van der Waals surface area contributed by atoms with E-state index in [1.807, 2.05) is 23.6 Å². The molecule has 188 valence electrons. The van der Waals surface area contributed by atoms with Gasteiger partial charge in [-0.25, -0.2) is 4.98 Å². The second kappa shape index (κ2) is 10.5. The van der Waals surface area contributed by atoms with Gasteiger partial charge in [0.1, 0.15) is 17.5 Å². The standard InChI is InChI=1S/C24H22Cl3N5O3S/c1-3-6-36-32-11-14(4-5-21(32)33)34-20-9-16(25)15(8-17(20)26)22-29-24(35-30-22)19-12-31-10-13(2)7-18(27)23(31)28-19/h7-10,12,14H,3-6,11H2,1-2H3. The molecule has 1 aromatic carbocycles. The van der Waals surface area contributed by atoms with Gasteiger partial charge in [-0.3, -0.25) is 9.10 Å². The van der Waals surface area contributed by atoms with E-state index in [-0.39, 0.29) is 23.7 Å². The van der Waals surface area contributed by atoms with Crippen LogP contribution in [0.2, 0.25) is 15.1 Å². The maximum absolute atomic E-state index is 12.2. The van der Waals surface area contributed by atoms with Crippen molar-refractivity contribution in [2.45, 2.75) is 39.2 Å². The number of carbonyl (C=O) groups excluding carboxylic acids is 1. The van der Waals surface area contributed by atoms with E-state index in [4.69, 9.17) is 44.1 Å². The van der Waals surface area contributed by atoms with Crippen molar-refractivity contribution >= 4 is 58.3 Å². The number of aryl methyl sites for hydroxylation is 1. The highest BCUT2D eigenvalue weighted by Gasteiger charge is 2.28. The molecule has 1 amide bonds. The number of imidazole rings is 1. The Balaban J connectivity index is 1.35. The van der Waals surface area contributed by atoms with Crippen molar-refractivity contribution in [2.75, 3.05) is 12.3 Å². The van der Waals surface area contributed by atoms with Gasteiger partial charge in [-0.05, 0) is 49.4 Å². The SMILES string of the molecule is CCCSN1CC(Oc2cc(Cl)c(-c3noc(-c4cn5cc(C)cc(Cl)c5n4)n3)cc2Cl)CCC1=O. The number of amides is 1. The van der Waals surface area contributed by atoms with Crippen molar-refractivity contribution in [1.82, 2.24) is 23.8 Å². The number of benzene rings is 1. The molecule has 0 radical (unpaired) electrons. The molecule has 1 aliphatic rings. The second-order valence-electron chi connectivity index (χ2n) is 8.47. The Morgan fingerprint density at radius 2 is 1.97 bits per heavy atom. The largest absolute Gasteiger partial charge is 0.487 e. The van der Waals surface area contributed by atoms with Gasteiger partial charge in [0.05, 0.1) is 21.6 Å². The number of halogens is 3. The second-order valence-corrected chi connectivity index (χ2v) is 10.8. The monoisotopic (exact) mass is 565 g/mol. The molecule has 3 aromatic heterocycles. The zero-order chi connectivity index (χ0) is 25.4. The topological polar surface area (TPSA) is 85.8 Å². The molecule has 8 nitrogen and oxygen atoms in total. The van der Waals surface area contributed by atoms with Gasteiger partial charge in [0.2, 0.25) is 11.7 Å². The summed E-state index contributed by atoms with van der Waals surface area (Å²) in [6, 6.07) is 5.13. The first-order chi connectivity index (χ1) is 17.3. The Kier molecular flexibility index (Phi) is 7.35. The minimum atomic E-state index is -0.172. The fraction of sp³-hybridized carbons (Fsp3) is 0.333. The van der Waals surface area contributed by atoms with Gasteiger partial charge >= 0.3 is 0 Å². The van der Waals surface area contributed by atoms with Crippen molar-refractivity contribution in [3.05, 3.63) is 51.2 Å². The van der Waals surface area contributed by atoms with Crippen LogP contribution < -0.4 is 4.74 Å². The number of hydrogen-bond donors (Lipinski definition) is 0. The molecule has 1 atom stereocenters. The van der Waals surface area contributed by atoms with Gasteiger partial charge in [-0.15, -0.1) is 0 Å². The lowest BCUT2D eigenvalue weighted by molar-refractivity contribution is -0.129. The van der Waals surface area contributed by atoms with E-state index in [1.54, 1.807) is 22.6 Å². The molecule has 5 rings (SSSR count). The first kappa shape index (κ1) is 25.2. The van der Waals surface area contributed by atoms with Crippen LogP contribution in [0.25, 0.3) is 28.6 Å². The van der Waals surface area contributed by atoms with E-state index in [9.17, 15) is 4.79 Å². The Bertz CT molecular complexity index is 1440. The van der Waals surface area contributed by atoms with Crippen molar-refractivity contribution in [1.29, 1.82) is 0 Å². The average Bonchev–Trinajstić information content (AvgIpc) is 3.49. The van der Waals surface area contributed by atoms with E-state index in [1.165, 1.54) is 11.9 Å². The Morgan fingerprint density at radius 1 is 1.14 bits per heavy atom. The van der Waals surface area contributed by atoms with E-state index >= 15 is 0 Å². The molecule has 1 fully saturated rings. The molecule has 0 aliphatic carbocycles. The predicted octanol–water partition coefficient (Wildman–Crippen LogP) is 6.75. The van der Waals surface area contributed by atoms with Gasteiger partial charge in [-0.1, -0.05) is 46.9 Å². The summed E-state index contributed by atoms with van der Waals surface area (Å²) in [6.45, 7) is 4.53. The number of carbonyl (C=O) groups is 1. The normalized spacial score (nSPS) is 16.2. The molecule has 0 saturated carbocycles. The molecule has 1 unspecified atom stereocenters. The molecule has 0 N–H and O–H groups in total. The third kappa shape index (κ3) is 5.16. The molecule has 1 aliphatic heterocycles. The number of ether oxygens (including phenoxy) is 1. The Morgan fingerprint density at radius 3 is 2.78 bits per heavy atom. The quantitative estimate of drug-likeness (QED) is 0.229. The number of hydrogen-bond acceptors (Lipinski definition) is 7. The third-order valence-electron chi connectivity index (χ3n) is 5.62. The summed E-state index contributed by atoms with van der Waals surface area (Å²) in [5.74, 6) is 1.95. The number of pyridine rings is 1. The lowest BCUT2D eigenvalue weighted by Gasteiger charge is -2.32. The average molecular weight is 567 g/mol. The molecule has 1 saturated heterocycles. The third-order valence-corrected chi connectivity index (χ3v) is 7.76. The van der Waals surface area contributed by atoms with Gasteiger partial charge in [-0.2, -0.15) is 4.98 Å².